The fourth-order valence-electron chi connectivity index (χ4n) is 3.65. The number of aryl methyl sites for hydroxylation is 1. The maximum atomic E-state index is 11.6. The maximum Gasteiger partial charge on any atom is 0.337 e. The summed E-state index contributed by atoms with van der Waals surface area (Å²) in [5.74, 6) is -0.265. The molecule has 3 heteroatoms. The van der Waals surface area contributed by atoms with Crippen molar-refractivity contribution in [1.82, 2.24) is 4.98 Å². The molecule has 98 valence electrons. The van der Waals surface area contributed by atoms with Gasteiger partial charge in [0.05, 0.1) is 5.56 Å². The van der Waals surface area contributed by atoms with Gasteiger partial charge in [0.2, 0.25) is 0 Å². The predicted octanol–water partition coefficient (Wildman–Crippen LogP) is 3.64. The summed E-state index contributed by atoms with van der Waals surface area (Å²) in [7, 11) is 0. The normalized spacial score (nSPS) is 20.7. The molecule has 3 rings (SSSR count). The fourth-order valence-corrected chi connectivity index (χ4v) is 3.65. The van der Waals surface area contributed by atoms with Crippen LogP contribution >= 0.6 is 0 Å². The molecule has 2 aliphatic rings. The van der Waals surface area contributed by atoms with Crippen molar-refractivity contribution in [3.8, 4) is 0 Å². The summed E-state index contributed by atoms with van der Waals surface area (Å²) in [5.41, 5.74) is 3.99. The second kappa shape index (κ2) is 4.79. The Bertz CT molecular complexity index is 455. The second-order valence-corrected chi connectivity index (χ2v) is 5.72. The Hall–Kier alpha value is -1.25. The Balaban J connectivity index is 2.05. The molecule has 1 aromatic rings. The SMILES string of the molecule is O=C(O)c1c(C2CCCC2)[nH]c2c1CCCCC2. The zero-order valence-electron chi connectivity index (χ0n) is 10.8. The van der Waals surface area contributed by atoms with Gasteiger partial charge in [0.1, 0.15) is 0 Å². The number of nitrogens with one attached hydrogen (secondary N) is 1. The van der Waals surface area contributed by atoms with E-state index in [1.165, 1.54) is 31.4 Å². The highest BCUT2D eigenvalue weighted by molar-refractivity contribution is 5.91. The van der Waals surface area contributed by atoms with Gasteiger partial charge < -0.3 is 10.1 Å². The van der Waals surface area contributed by atoms with Gasteiger partial charge in [-0.15, -0.1) is 0 Å². The molecule has 1 saturated carbocycles. The van der Waals surface area contributed by atoms with Crippen LogP contribution in [0.1, 0.15) is 78.2 Å². The Kier molecular flexibility index (Phi) is 3.14. The van der Waals surface area contributed by atoms with Crippen LogP contribution < -0.4 is 0 Å². The lowest BCUT2D eigenvalue weighted by Crippen LogP contribution is -2.06. The van der Waals surface area contributed by atoms with Gasteiger partial charge in [-0.05, 0) is 50.0 Å². The number of aromatic amines is 1. The van der Waals surface area contributed by atoms with E-state index in [1.54, 1.807) is 0 Å². The van der Waals surface area contributed by atoms with E-state index in [4.69, 9.17) is 0 Å². The summed E-state index contributed by atoms with van der Waals surface area (Å²) >= 11 is 0. The van der Waals surface area contributed by atoms with Crippen LogP contribution in [0.3, 0.4) is 0 Å². The summed E-state index contributed by atoms with van der Waals surface area (Å²) in [6, 6.07) is 0. The van der Waals surface area contributed by atoms with E-state index in [0.29, 0.717) is 11.5 Å². The van der Waals surface area contributed by atoms with Gasteiger partial charge in [0.25, 0.3) is 0 Å². The highest BCUT2D eigenvalue weighted by Crippen LogP contribution is 2.38. The molecule has 0 aromatic carbocycles. The Morgan fingerprint density at radius 2 is 1.78 bits per heavy atom. The number of aromatic carboxylic acids is 1. The molecule has 0 spiro atoms. The lowest BCUT2D eigenvalue weighted by Gasteiger charge is -2.09. The molecule has 1 aromatic heterocycles. The smallest absolute Gasteiger partial charge is 0.337 e. The van der Waals surface area contributed by atoms with Crippen LogP contribution in [-0.2, 0) is 12.8 Å². The molecule has 2 N–H and O–H groups in total. The molecular weight excluding hydrogens is 226 g/mol. The number of carboxylic acid groups (broad SMARTS) is 1. The minimum Gasteiger partial charge on any atom is -0.478 e. The minimum absolute atomic E-state index is 0.461. The summed E-state index contributed by atoms with van der Waals surface area (Å²) in [6.45, 7) is 0. The summed E-state index contributed by atoms with van der Waals surface area (Å²) in [5, 5.41) is 9.54. The largest absolute Gasteiger partial charge is 0.478 e. The van der Waals surface area contributed by atoms with Crippen LogP contribution in [0.25, 0.3) is 0 Å². The number of carbonyl (C=O) groups is 1. The molecule has 2 aliphatic carbocycles. The monoisotopic (exact) mass is 247 g/mol. The molecule has 0 bridgehead atoms. The first-order chi connectivity index (χ1) is 8.77. The molecule has 1 heterocycles. The van der Waals surface area contributed by atoms with Crippen LogP contribution in [0.5, 0.6) is 0 Å². The molecular formula is C15H21NO2. The third kappa shape index (κ3) is 1.96. The lowest BCUT2D eigenvalue weighted by molar-refractivity contribution is 0.0694. The van der Waals surface area contributed by atoms with E-state index in [1.807, 2.05) is 0 Å². The number of H-pyrrole nitrogens is 1. The van der Waals surface area contributed by atoms with Crippen LogP contribution in [0.15, 0.2) is 0 Å². The standard InChI is InChI=1S/C15H21NO2/c17-15(18)13-11-8-2-1-3-9-12(11)16-14(13)10-6-4-5-7-10/h10,16H,1-9H2,(H,17,18). The number of aromatic nitrogens is 1. The van der Waals surface area contributed by atoms with E-state index in [-0.39, 0.29) is 0 Å². The van der Waals surface area contributed by atoms with Crippen molar-refractivity contribution < 1.29 is 9.90 Å². The van der Waals surface area contributed by atoms with Crippen molar-refractivity contribution in [1.29, 1.82) is 0 Å². The summed E-state index contributed by atoms with van der Waals surface area (Å²) in [6.07, 6.45) is 10.3. The minimum atomic E-state index is -0.726. The van der Waals surface area contributed by atoms with E-state index in [2.05, 4.69) is 4.98 Å². The molecule has 18 heavy (non-hydrogen) atoms. The zero-order chi connectivity index (χ0) is 12.5. The second-order valence-electron chi connectivity index (χ2n) is 5.72. The molecule has 3 nitrogen and oxygen atoms in total. The first-order valence-electron chi connectivity index (χ1n) is 7.24. The number of hydrogen-bond acceptors (Lipinski definition) is 1. The molecule has 0 atom stereocenters. The van der Waals surface area contributed by atoms with Gasteiger partial charge in [-0.2, -0.15) is 0 Å². The number of fused-ring (bicyclic) bond motifs is 1. The van der Waals surface area contributed by atoms with Crippen LogP contribution in [0.2, 0.25) is 0 Å². The van der Waals surface area contributed by atoms with Crippen LogP contribution in [0, 0.1) is 0 Å². The van der Waals surface area contributed by atoms with Crippen LogP contribution in [-0.4, -0.2) is 16.1 Å². The average Bonchev–Trinajstić information content (AvgIpc) is 2.92. The van der Waals surface area contributed by atoms with E-state index < -0.39 is 5.97 Å². The van der Waals surface area contributed by atoms with E-state index in [0.717, 1.165) is 43.4 Å². The Morgan fingerprint density at radius 1 is 1.06 bits per heavy atom. The number of rotatable bonds is 2. The van der Waals surface area contributed by atoms with Crippen molar-refractivity contribution >= 4 is 5.97 Å². The number of carboxylic acids is 1. The van der Waals surface area contributed by atoms with Gasteiger partial charge in [-0.3, -0.25) is 0 Å². The number of hydrogen-bond donors (Lipinski definition) is 2. The molecule has 0 unspecified atom stereocenters. The molecule has 1 fully saturated rings. The maximum absolute atomic E-state index is 11.6. The highest BCUT2D eigenvalue weighted by Gasteiger charge is 2.29. The zero-order valence-corrected chi connectivity index (χ0v) is 10.8. The molecule has 0 amide bonds. The van der Waals surface area contributed by atoms with Crippen molar-refractivity contribution in [3.63, 3.8) is 0 Å². The van der Waals surface area contributed by atoms with E-state index in [9.17, 15) is 9.90 Å². The molecule has 0 radical (unpaired) electrons. The predicted molar refractivity (Wildman–Crippen MR) is 70.2 cm³/mol. The molecule has 0 saturated heterocycles. The lowest BCUT2D eigenvalue weighted by atomic mass is 9.96. The van der Waals surface area contributed by atoms with Crippen molar-refractivity contribution in [3.05, 3.63) is 22.5 Å². The first kappa shape index (κ1) is 11.8. The quantitative estimate of drug-likeness (QED) is 0.784. The van der Waals surface area contributed by atoms with Gasteiger partial charge in [0.15, 0.2) is 0 Å². The van der Waals surface area contributed by atoms with E-state index >= 15 is 0 Å². The fraction of sp³-hybridized carbons (Fsp3) is 0.667. The summed E-state index contributed by atoms with van der Waals surface area (Å²) < 4.78 is 0. The average molecular weight is 247 g/mol. The van der Waals surface area contributed by atoms with Gasteiger partial charge in [-0.25, -0.2) is 4.79 Å². The van der Waals surface area contributed by atoms with Crippen LogP contribution in [0.4, 0.5) is 0 Å². The van der Waals surface area contributed by atoms with Crippen molar-refractivity contribution in [2.75, 3.05) is 0 Å². The molecule has 0 aliphatic heterocycles. The highest BCUT2D eigenvalue weighted by atomic mass is 16.4. The summed E-state index contributed by atoms with van der Waals surface area (Å²) in [4.78, 5) is 15.1. The van der Waals surface area contributed by atoms with Crippen molar-refractivity contribution in [2.24, 2.45) is 0 Å². The van der Waals surface area contributed by atoms with Gasteiger partial charge in [0, 0.05) is 11.4 Å². The third-order valence-electron chi connectivity index (χ3n) is 4.55. The Morgan fingerprint density at radius 3 is 2.50 bits per heavy atom. The third-order valence-corrected chi connectivity index (χ3v) is 4.55. The van der Waals surface area contributed by atoms with Crippen molar-refractivity contribution in [2.45, 2.75) is 63.7 Å². The topological polar surface area (TPSA) is 53.1 Å². The first-order valence-corrected chi connectivity index (χ1v) is 7.24. The van der Waals surface area contributed by atoms with Gasteiger partial charge >= 0.3 is 5.97 Å². The Labute approximate surface area is 108 Å². The van der Waals surface area contributed by atoms with Gasteiger partial charge in [-0.1, -0.05) is 19.3 Å².